The van der Waals surface area contributed by atoms with Crippen molar-refractivity contribution in [3.8, 4) is 23.8 Å². The zero-order valence-corrected chi connectivity index (χ0v) is 17.5. The van der Waals surface area contributed by atoms with Gasteiger partial charge in [0.25, 0.3) is 5.91 Å². The van der Waals surface area contributed by atoms with Gasteiger partial charge in [-0.15, -0.1) is 17.8 Å². The van der Waals surface area contributed by atoms with Crippen LogP contribution < -0.4 is 14.4 Å². The Balaban J connectivity index is 2.02. The second-order valence-electron chi connectivity index (χ2n) is 6.96. The van der Waals surface area contributed by atoms with Gasteiger partial charge in [-0.3, -0.25) is 9.69 Å². The average molecular weight is 400 g/mol. The fourth-order valence-electron chi connectivity index (χ4n) is 3.43. The molecule has 1 aliphatic heterocycles. The van der Waals surface area contributed by atoms with Gasteiger partial charge in [0.15, 0.2) is 5.01 Å². The third kappa shape index (κ3) is 4.13. The van der Waals surface area contributed by atoms with Crippen LogP contribution in [0.2, 0.25) is 0 Å². The lowest BCUT2D eigenvalue weighted by atomic mass is 10.1. The Labute approximate surface area is 170 Å². The highest BCUT2D eigenvalue weighted by Crippen LogP contribution is 2.33. The van der Waals surface area contributed by atoms with E-state index in [1.807, 2.05) is 17.0 Å². The van der Waals surface area contributed by atoms with Crippen molar-refractivity contribution in [2.45, 2.75) is 32.4 Å². The number of nitrogens with zero attached hydrogens (tertiary/aromatic N) is 3. The monoisotopic (exact) mass is 399 g/mol. The number of methoxy groups -OCH3 is 2. The summed E-state index contributed by atoms with van der Waals surface area (Å²) in [6, 6.07) is 5.96. The molecule has 0 N–H and O–H groups in total. The van der Waals surface area contributed by atoms with Crippen LogP contribution in [0.3, 0.4) is 0 Å². The number of hydrogen-bond donors (Lipinski definition) is 0. The Morgan fingerprint density at radius 2 is 2.00 bits per heavy atom. The second kappa shape index (κ2) is 8.63. The van der Waals surface area contributed by atoms with Gasteiger partial charge in [0, 0.05) is 42.7 Å². The molecule has 0 aliphatic carbocycles. The number of amides is 1. The van der Waals surface area contributed by atoms with E-state index in [0.29, 0.717) is 28.2 Å². The number of anilines is 1. The molecule has 28 heavy (non-hydrogen) atoms. The minimum absolute atomic E-state index is 0.0303. The Kier molecular flexibility index (Phi) is 6.22. The fraction of sp³-hybridized carbons (Fsp3) is 0.429. The summed E-state index contributed by atoms with van der Waals surface area (Å²) >= 11 is 1.30. The van der Waals surface area contributed by atoms with Crippen LogP contribution >= 0.6 is 11.3 Å². The summed E-state index contributed by atoms with van der Waals surface area (Å²) in [5.74, 6) is 3.60. The zero-order chi connectivity index (χ0) is 20.3. The fourth-order valence-corrected chi connectivity index (χ4v) is 4.03. The van der Waals surface area contributed by atoms with Crippen LogP contribution in [-0.2, 0) is 0 Å². The van der Waals surface area contributed by atoms with E-state index in [1.165, 1.54) is 11.3 Å². The molecule has 1 saturated heterocycles. The van der Waals surface area contributed by atoms with Crippen molar-refractivity contribution in [3.05, 3.63) is 34.3 Å². The maximum atomic E-state index is 13.4. The molecule has 0 bridgehead atoms. The summed E-state index contributed by atoms with van der Waals surface area (Å²) < 4.78 is 10.8. The third-order valence-electron chi connectivity index (χ3n) is 4.97. The third-order valence-corrected chi connectivity index (χ3v) is 5.74. The maximum absolute atomic E-state index is 13.4. The van der Waals surface area contributed by atoms with Gasteiger partial charge < -0.3 is 14.4 Å². The lowest BCUT2D eigenvalue weighted by molar-refractivity contribution is 0.0972. The first-order chi connectivity index (χ1) is 13.5. The summed E-state index contributed by atoms with van der Waals surface area (Å²) in [4.78, 5) is 21.9. The molecule has 1 aromatic heterocycles. The Bertz CT molecular complexity index is 865. The number of terminal acetylenes is 1. The molecule has 2 aromatic rings. The maximum Gasteiger partial charge on any atom is 0.278 e. The quantitative estimate of drug-likeness (QED) is 0.698. The predicted molar refractivity (Wildman–Crippen MR) is 112 cm³/mol. The van der Waals surface area contributed by atoms with E-state index < -0.39 is 0 Å². The van der Waals surface area contributed by atoms with Crippen LogP contribution in [-0.4, -0.2) is 55.2 Å². The van der Waals surface area contributed by atoms with Crippen molar-refractivity contribution in [1.82, 2.24) is 9.88 Å². The summed E-state index contributed by atoms with van der Waals surface area (Å²) in [6.07, 6.45) is 6.32. The standard InChI is InChI=1S/C21H25N3O3S/c1-6-20-22-19(13-28-20)21(25)24(15-7-8-23(12-15)14(2)3)16-9-17(26-4)11-18(10-16)27-5/h1,9-11,13-15H,7-8,12H2,2-5H3. The molecule has 1 aromatic carbocycles. The number of benzene rings is 1. The van der Waals surface area contributed by atoms with Crippen LogP contribution in [0.5, 0.6) is 11.5 Å². The molecule has 148 valence electrons. The Morgan fingerprint density at radius 3 is 2.50 bits per heavy atom. The van der Waals surface area contributed by atoms with E-state index in [4.69, 9.17) is 15.9 Å². The molecule has 1 aliphatic rings. The first kappa shape index (κ1) is 20.2. The number of carbonyl (C=O) groups excluding carboxylic acids is 1. The molecule has 2 heterocycles. The molecule has 0 saturated carbocycles. The van der Waals surface area contributed by atoms with E-state index >= 15 is 0 Å². The van der Waals surface area contributed by atoms with Crippen molar-refractivity contribution < 1.29 is 14.3 Å². The summed E-state index contributed by atoms with van der Waals surface area (Å²) in [6.45, 7) is 6.08. The molecule has 1 amide bonds. The zero-order valence-electron chi connectivity index (χ0n) is 16.6. The molecular weight excluding hydrogens is 374 g/mol. The van der Waals surface area contributed by atoms with Crippen LogP contribution in [0.4, 0.5) is 5.69 Å². The van der Waals surface area contributed by atoms with Crippen molar-refractivity contribution in [1.29, 1.82) is 0 Å². The lowest BCUT2D eigenvalue weighted by Gasteiger charge is -2.30. The minimum atomic E-state index is -0.163. The molecular formula is C21H25N3O3S. The van der Waals surface area contributed by atoms with Crippen LogP contribution in [0.15, 0.2) is 23.6 Å². The van der Waals surface area contributed by atoms with Gasteiger partial charge in [-0.05, 0) is 26.2 Å². The summed E-state index contributed by atoms with van der Waals surface area (Å²) in [5.41, 5.74) is 1.09. The second-order valence-corrected chi connectivity index (χ2v) is 7.82. The van der Waals surface area contributed by atoms with E-state index in [0.717, 1.165) is 25.2 Å². The molecule has 1 fully saturated rings. The number of hydrogen-bond acceptors (Lipinski definition) is 6. The highest BCUT2D eigenvalue weighted by molar-refractivity contribution is 7.10. The number of ether oxygens (including phenoxy) is 2. The van der Waals surface area contributed by atoms with Crippen molar-refractivity contribution >= 4 is 22.9 Å². The van der Waals surface area contributed by atoms with Crippen molar-refractivity contribution in [3.63, 3.8) is 0 Å². The van der Waals surface area contributed by atoms with Crippen molar-refractivity contribution in [2.24, 2.45) is 0 Å². The lowest BCUT2D eigenvalue weighted by Crippen LogP contribution is -2.43. The van der Waals surface area contributed by atoms with Crippen LogP contribution in [0, 0.1) is 12.3 Å². The van der Waals surface area contributed by atoms with Gasteiger partial charge in [0.2, 0.25) is 0 Å². The number of carbonyl (C=O) groups is 1. The SMILES string of the molecule is C#Cc1nc(C(=O)N(c2cc(OC)cc(OC)c2)C2CCN(C(C)C)C2)cs1. The van der Waals surface area contributed by atoms with Crippen LogP contribution in [0.1, 0.15) is 35.8 Å². The molecule has 1 unspecified atom stereocenters. The number of likely N-dealkylation sites (tertiary alicyclic amines) is 1. The smallest absolute Gasteiger partial charge is 0.278 e. The topological polar surface area (TPSA) is 54.9 Å². The van der Waals surface area contributed by atoms with Crippen molar-refractivity contribution in [2.75, 3.05) is 32.2 Å². The largest absolute Gasteiger partial charge is 0.497 e. The summed E-state index contributed by atoms with van der Waals surface area (Å²) in [5, 5.41) is 2.22. The van der Waals surface area contributed by atoms with Gasteiger partial charge in [-0.25, -0.2) is 4.98 Å². The first-order valence-electron chi connectivity index (χ1n) is 9.19. The normalized spacial score (nSPS) is 16.8. The van der Waals surface area contributed by atoms with E-state index in [9.17, 15) is 4.79 Å². The molecule has 7 heteroatoms. The molecule has 6 nitrogen and oxygen atoms in total. The number of thiazole rings is 1. The highest BCUT2D eigenvalue weighted by Gasteiger charge is 2.34. The van der Waals surface area contributed by atoms with Crippen LogP contribution in [0.25, 0.3) is 0 Å². The molecule has 3 rings (SSSR count). The van der Waals surface area contributed by atoms with Gasteiger partial charge in [-0.1, -0.05) is 0 Å². The number of aromatic nitrogens is 1. The van der Waals surface area contributed by atoms with Gasteiger partial charge in [0.1, 0.15) is 17.2 Å². The van der Waals surface area contributed by atoms with E-state index in [-0.39, 0.29) is 11.9 Å². The predicted octanol–water partition coefficient (Wildman–Crippen LogP) is 3.27. The van der Waals surface area contributed by atoms with E-state index in [2.05, 4.69) is 29.7 Å². The Hall–Kier alpha value is -2.56. The molecule has 0 spiro atoms. The Morgan fingerprint density at radius 1 is 1.32 bits per heavy atom. The average Bonchev–Trinajstić information content (AvgIpc) is 3.37. The highest BCUT2D eigenvalue weighted by atomic mass is 32.1. The minimum Gasteiger partial charge on any atom is -0.497 e. The molecule has 1 atom stereocenters. The van der Waals surface area contributed by atoms with Gasteiger partial charge in [0.05, 0.1) is 25.9 Å². The molecule has 0 radical (unpaired) electrons. The first-order valence-corrected chi connectivity index (χ1v) is 10.1. The number of rotatable bonds is 6. The van der Waals surface area contributed by atoms with E-state index in [1.54, 1.807) is 25.7 Å². The van der Waals surface area contributed by atoms with Gasteiger partial charge in [-0.2, -0.15) is 0 Å². The summed E-state index contributed by atoms with van der Waals surface area (Å²) in [7, 11) is 3.20. The van der Waals surface area contributed by atoms with Gasteiger partial charge >= 0.3 is 0 Å².